The van der Waals surface area contributed by atoms with Crippen LogP contribution in [0, 0.1) is 0 Å². The fourth-order valence-electron chi connectivity index (χ4n) is 3.10. The normalized spacial score (nSPS) is 19.4. The zero-order valence-corrected chi connectivity index (χ0v) is 15.7. The highest BCUT2D eigenvalue weighted by Crippen LogP contribution is 2.22. The van der Waals surface area contributed by atoms with Crippen LogP contribution in [0.4, 0.5) is 0 Å². The minimum atomic E-state index is -3.11. The maximum absolute atomic E-state index is 12.9. The van der Waals surface area contributed by atoms with Crippen LogP contribution in [0.15, 0.2) is 0 Å². The van der Waals surface area contributed by atoms with Gasteiger partial charge in [-0.25, -0.2) is 8.42 Å². The Balaban J connectivity index is 2.55. The van der Waals surface area contributed by atoms with E-state index in [1.165, 1.54) is 25.7 Å². The van der Waals surface area contributed by atoms with Gasteiger partial charge < -0.3 is 4.90 Å². The largest absolute Gasteiger partial charge is 0.304 e. The van der Waals surface area contributed by atoms with Crippen molar-refractivity contribution < 1.29 is 8.42 Å². The van der Waals surface area contributed by atoms with E-state index in [0.717, 1.165) is 45.2 Å². The van der Waals surface area contributed by atoms with Crippen LogP contribution in [0.3, 0.4) is 0 Å². The van der Waals surface area contributed by atoms with Gasteiger partial charge in [-0.1, -0.05) is 58.8 Å². The molecule has 132 valence electrons. The average molecular weight is 333 g/mol. The van der Waals surface area contributed by atoms with Gasteiger partial charge in [0.2, 0.25) is 10.0 Å². The summed E-state index contributed by atoms with van der Waals surface area (Å²) in [4.78, 5) is 2.21. The van der Waals surface area contributed by atoms with Crippen LogP contribution in [-0.2, 0) is 10.0 Å². The van der Waals surface area contributed by atoms with Gasteiger partial charge in [0, 0.05) is 26.2 Å². The topological polar surface area (TPSA) is 40.6 Å². The predicted octanol–water partition coefficient (Wildman–Crippen LogP) is 3.48. The Morgan fingerprint density at radius 1 is 0.818 bits per heavy atom. The summed E-state index contributed by atoms with van der Waals surface area (Å²) in [5, 5.41) is -0.155. The molecule has 4 nitrogen and oxygen atoms in total. The van der Waals surface area contributed by atoms with E-state index in [-0.39, 0.29) is 5.25 Å². The van der Waals surface area contributed by atoms with Crippen molar-refractivity contribution in [3.63, 3.8) is 0 Å². The minimum absolute atomic E-state index is 0.155. The van der Waals surface area contributed by atoms with Crippen LogP contribution in [0.25, 0.3) is 0 Å². The fraction of sp³-hybridized carbons (Fsp3) is 1.00. The Kier molecular flexibility index (Phi) is 9.60. The number of piperazine rings is 1. The summed E-state index contributed by atoms with van der Waals surface area (Å²) in [5.41, 5.74) is 0. The third-order valence-electron chi connectivity index (χ3n) is 4.75. The lowest BCUT2D eigenvalue weighted by Gasteiger charge is -2.34. The van der Waals surface area contributed by atoms with Crippen molar-refractivity contribution in [1.82, 2.24) is 9.21 Å². The number of hydrogen-bond acceptors (Lipinski definition) is 3. The monoisotopic (exact) mass is 332 g/mol. The molecule has 1 heterocycles. The van der Waals surface area contributed by atoms with Gasteiger partial charge in [0.15, 0.2) is 0 Å². The molecule has 1 rings (SSSR count). The van der Waals surface area contributed by atoms with E-state index in [1.54, 1.807) is 4.31 Å². The van der Waals surface area contributed by atoms with Crippen LogP contribution in [0.2, 0.25) is 0 Å². The zero-order valence-electron chi connectivity index (χ0n) is 14.9. The predicted molar refractivity (Wildman–Crippen MR) is 94.7 cm³/mol. The molecule has 0 aromatic rings. The van der Waals surface area contributed by atoms with E-state index < -0.39 is 10.0 Å². The molecule has 1 unspecified atom stereocenters. The molecule has 22 heavy (non-hydrogen) atoms. The second-order valence-electron chi connectivity index (χ2n) is 6.71. The average Bonchev–Trinajstić information content (AvgIpc) is 2.50. The minimum Gasteiger partial charge on any atom is -0.304 e. The third kappa shape index (κ3) is 6.55. The maximum atomic E-state index is 12.9. The maximum Gasteiger partial charge on any atom is 0.217 e. The van der Waals surface area contributed by atoms with Gasteiger partial charge in [0.25, 0.3) is 0 Å². The first-order chi connectivity index (χ1) is 10.5. The van der Waals surface area contributed by atoms with Crippen molar-refractivity contribution >= 4 is 10.0 Å². The standard InChI is InChI=1S/C17H36N2O2S/c1-4-6-8-9-10-12-17(11-7-5-2)22(20,21)19-15-13-18(3)14-16-19/h17H,4-16H2,1-3H3. The zero-order chi connectivity index (χ0) is 16.4. The number of unbranched alkanes of at least 4 members (excludes halogenated alkanes) is 5. The molecule has 1 fully saturated rings. The highest BCUT2D eigenvalue weighted by molar-refractivity contribution is 7.89. The van der Waals surface area contributed by atoms with Crippen LogP contribution in [-0.4, -0.2) is 56.1 Å². The first kappa shape index (κ1) is 19.9. The van der Waals surface area contributed by atoms with Crippen molar-refractivity contribution in [2.75, 3.05) is 33.2 Å². The number of sulfonamides is 1. The Morgan fingerprint density at radius 2 is 1.36 bits per heavy atom. The Bertz CT molecular complexity index is 376. The van der Waals surface area contributed by atoms with E-state index >= 15 is 0 Å². The van der Waals surface area contributed by atoms with Crippen molar-refractivity contribution in [3.05, 3.63) is 0 Å². The Labute approximate surface area is 138 Å². The van der Waals surface area contributed by atoms with E-state index in [4.69, 9.17) is 0 Å². The molecule has 1 saturated heterocycles. The van der Waals surface area contributed by atoms with Crippen LogP contribution < -0.4 is 0 Å². The van der Waals surface area contributed by atoms with Crippen LogP contribution in [0.5, 0.6) is 0 Å². The summed E-state index contributed by atoms with van der Waals surface area (Å²) in [6.45, 7) is 7.39. The quantitative estimate of drug-likeness (QED) is 0.544. The number of hydrogen-bond donors (Lipinski definition) is 0. The summed E-state index contributed by atoms with van der Waals surface area (Å²) < 4.78 is 27.6. The second-order valence-corrected chi connectivity index (χ2v) is 8.93. The van der Waals surface area contributed by atoms with Crippen molar-refractivity contribution in [1.29, 1.82) is 0 Å². The van der Waals surface area contributed by atoms with Crippen molar-refractivity contribution in [3.8, 4) is 0 Å². The van der Waals surface area contributed by atoms with E-state index in [2.05, 4.69) is 25.8 Å². The SMILES string of the molecule is CCCCCCCC(CCCC)S(=O)(=O)N1CCN(C)CC1. The molecule has 0 N–H and O–H groups in total. The Hall–Kier alpha value is -0.130. The molecule has 0 amide bonds. The summed E-state index contributed by atoms with van der Waals surface area (Å²) in [5.74, 6) is 0. The van der Waals surface area contributed by atoms with Gasteiger partial charge in [-0.2, -0.15) is 4.31 Å². The first-order valence-electron chi connectivity index (χ1n) is 9.19. The summed E-state index contributed by atoms with van der Waals surface area (Å²) in [6.07, 6.45) is 9.75. The molecular formula is C17H36N2O2S. The number of rotatable bonds is 11. The summed E-state index contributed by atoms with van der Waals surface area (Å²) >= 11 is 0. The number of nitrogens with zero attached hydrogens (tertiary/aromatic N) is 2. The lowest BCUT2D eigenvalue weighted by Crippen LogP contribution is -2.49. The van der Waals surface area contributed by atoms with Gasteiger partial charge in [0.05, 0.1) is 5.25 Å². The fourth-order valence-corrected chi connectivity index (χ4v) is 5.13. The van der Waals surface area contributed by atoms with Crippen LogP contribution >= 0.6 is 0 Å². The molecule has 0 radical (unpaired) electrons. The summed E-state index contributed by atoms with van der Waals surface area (Å²) in [7, 11) is -1.04. The van der Waals surface area contributed by atoms with Crippen LogP contribution in [0.1, 0.15) is 71.6 Å². The highest BCUT2D eigenvalue weighted by Gasteiger charge is 2.32. The van der Waals surface area contributed by atoms with E-state index in [0.29, 0.717) is 13.1 Å². The van der Waals surface area contributed by atoms with Gasteiger partial charge >= 0.3 is 0 Å². The van der Waals surface area contributed by atoms with Crippen molar-refractivity contribution in [2.24, 2.45) is 0 Å². The molecule has 1 atom stereocenters. The lowest BCUT2D eigenvalue weighted by molar-refractivity contribution is 0.220. The molecule has 0 bridgehead atoms. The molecule has 0 spiro atoms. The highest BCUT2D eigenvalue weighted by atomic mass is 32.2. The third-order valence-corrected chi connectivity index (χ3v) is 7.15. The van der Waals surface area contributed by atoms with Gasteiger partial charge in [0.1, 0.15) is 0 Å². The van der Waals surface area contributed by atoms with E-state index in [1.807, 2.05) is 0 Å². The molecule has 1 aliphatic rings. The molecule has 0 aromatic carbocycles. The van der Waals surface area contributed by atoms with Gasteiger partial charge in [-0.15, -0.1) is 0 Å². The molecule has 0 aromatic heterocycles. The smallest absolute Gasteiger partial charge is 0.217 e. The molecular weight excluding hydrogens is 296 g/mol. The summed E-state index contributed by atoms with van der Waals surface area (Å²) in [6, 6.07) is 0. The first-order valence-corrected chi connectivity index (χ1v) is 10.7. The number of likely N-dealkylation sites (N-methyl/N-ethyl adjacent to an activating group) is 1. The van der Waals surface area contributed by atoms with Gasteiger partial charge in [-0.3, -0.25) is 0 Å². The van der Waals surface area contributed by atoms with E-state index in [9.17, 15) is 8.42 Å². The molecule has 1 aliphatic heterocycles. The molecule has 5 heteroatoms. The molecule has 0 saturated carbocycles. The van der Waals surface area contributed by atoms with Gasteiger partial charge in [-0.05, 0) is 19.9 Å². The second kappa shape index (κ2) is 10.6. The molecule has 0 aliphatic carbocycles. The van der Waals surface area contributed by atoms with Crippen molar-refractivity contribution in [2.45, 2.75) is 76.9 Å². The lowest BCUT2D eigenvalue weighted by atomic mass is 10.1. The Morgan fingerprint density at radius 3 is 1.95 bits per heavy atom.